The number of aliphatic hydroxyl groups is 7. The lowest BCUT2D eigenvalue weighted by Crippen LogP contribution is -2.67. The van der Waals surface area contributed by atoms with E-state index in [4.69, 9.17) is 14.2 Å². The lowest BCUT2D eigenvalue weighted by molar-refractivity contribution is -0.343. The van der Waals surface area contributed by atoms with Crippen molar-refractivity contribution in [1.82, 2.24) is 15.8 Å². The lowest BCUT2D eigenvalue weighted by Gasteiger charge is -2.46. The van der Waals surface area contributed by atoms with Crippen LogP contribution in [0.5, 0.6) is 0 Å². The Kier molecular flexibility index (Phi) is 8.43. The topological polar surface area (TPSA) is 223 Å². The molecule has 0 spiro atoms. The van der Waals surface area contributed by atoms with Gasteiger partial charge in [-0.2, -0.15) is 0 Å². The molecule has 1 unspecified atom stereocenters. The Labute approximate surface area is 182 Å². The zero-order chi connectivity index (χ0) is 23.4. The van der Waals surface area contributed by atoms with E-state index in [1.807, 2.05) is 0 Å². The van der Waals surface area contributed by atoms with Gasteiger partial charge in [-0.1, -0.05) is 0 Å². The first-order valence-corrected chi connectivity index (χ1v) is 9.82. The fraction of sp³-hybridized carbons (Fsp3) is 0.667. The van der Waals surface area contributed by atoms with Gasteiger partial charge in [-0.05, 0) is 12.1 Å². The van der Waals surface area contributed by atoms with E-state index in [2.05, 4.69) is 15.8 Å². The Hall–Kier alpha value is -1.82. The molecule has 3 heterocycles. The molecule has 2 saturated heterocycles. The van der Waals surface area contributed by atoms with Crippen molar-refractivity contribution < 1.29 is 54.8 Å². The molecule has 0 aliphatic carbocycles. The summed E-state index contributed by atoms with van der Waals surface area (Å²) in [5, 5.41) is 69.7. The Balaban J connectivity index is 1.64. The molecular formula is C18H27N3O11. The summed E-state index contributed by atoms with van der Waals surface area (Å²) in [6, 6.07) is 2.90. The molecule has 32 heavy (non-hydrogen) atoms. The summed E-state index contributed by atoms with van der Waals surface area (Å²) in [5.74, 6) is -0.571. The average Bonchev–Trinajstić information content (AvgIpc) is 2.81. The maximum atomic E-state index is 12.1. The summed E-state index contributed by atoms with van der Waals surface area (Å²) >= 11 is 0. The van der Waals surface area contributed by atoms with E-state index >= 15 is 0 Å². The number of nitrogens with one attached hydrogen (secondary N) is 2. The van der Waals surface area contributed by atoms with Gasteiger partial charge in [0, 0.05) is 18.0 Å². The van der Waals surface area contributed by atoms with Crippen molar-refractivity contribution in [3.8, 4) is 0 Å². The van der Waals surface area contributed by atoms with Crippen molar-refractivity contribution in [3.63, 3.8) is 0 Å². The van der Waals surface area contributed by atoms with Crippen molar-refractivity contribution >= 4 is 5.91 Å². The number of nitrogens with zero attached hydrogens (tertiary/aromatic N) is 1. The van der Waals surface area contributed by atoms with Crippen molar-refractivity contribution in [1.29, 1.82) is 0 Å². The SMILES string of the molecule is O=C(NNC1O[C@@H](CO)[C@@H](O[C@@H]2O[C@H](CO)[C@H](O)[C@H](O)[C@H]2O)[C@H](O)[C@@H]1O)c1ccncc1. The van der Waals surface area contributed by atoms with Gasteiger partial charge in [0.25, 0.3) is 5.91 Å². The van der Waals surface area contributed by atoms with Crippen molar-refractivity contribution in [2.75, 3.05) is 13.2 Å². The third kappa shape index (κ3) is 5.22. The molecule has 2 fully saturated rings. The molecule has 14 nitrogen and oxygen atoms in total. The predicted octanol–water partition coefficient (Wildman–Crippen LogP) is -5.06. The zero-order valence-electron chi connectivity index (χ0n) is 16.7. The van der Waals surface area contributed by atoms with Crippen molar-refractivity contribution in [2.24, 2.45) is 0 Å². The number of pyridine rings is 1. The van der Waals surface area contributed by atoms with Crippen LogP contribution in [0.1, 0.15) is 10.4 Å². The van der Waals surface area contributed by atoms with Crippen LogP contribution < -0.4 is 10.9 Å². The van der Waals surface area contributed by atoms with Gasteiger partial charge in [0.2, 0.25) is 0 Å². The van der Waals surface area contributed by atoms with Crippen molar-refractivity contribution in [2.45, 2.75) is 61.3 Å². The third-order valence-electron chi connectivity index (χ3n) is 5.27. The second-order valence-electron chi connectivity index (χ2n) is 7.39. The van der Waals surface area contributed by atoms with E-state index in [1.54, 1.807) is 0 Å². The zero-order valence-corrected chi connectivity index (χ0v) is 16.7. The molecule has 14 heteroatoms. The van der Waals surface area contributed by atoms with Crippen LogP contribution in [0.4, 0.5) is 0 Å². The van der Waals surface area contributed by atoms with Gasteiger partial charge in [0.05, 0.1) is 13.2 Å². The molecule has 1 aromatic rings. The molecular weight excluding hydrogens is 434 g/mol. The molecule has 1 aromatic heterocycles. The number of carbonyl (C=O) groups excluding carboxylic acids is 1. The molecule has 0 radical (unpaired) electrons. The van der Waals surface area contributed by atoms with Gasteiger partial charge in [0.1, 0.15) is 48.8 Å². The molecule has 180 valence electrons. The summed E-state index contributed by atoms with van der Waals surface area (Å²) in [7, 11) is 0. The highest BCUT2D eigenvalue weighted by atomic mass is 16.7. The molecule has 2 aliphatic heterocycles. The molecule has 9 N–H and O–H groups in total. The lowest BCUT2D eigenvalue weighted by atomic mass is 9.96. The number of rotatable bonds is 7. The number of hydrazine groups is 1. The van der Waals surface area contributed by atoms with Crippen LogP contribution in [0.15, 0.2) is 24.5 Å². The number of carbonyl (C=O) groups is 1. The maximum absolute atomic E-state index is 12.1. The number of aromatic nitrogens is 1. The van der Waals surface area contributed by atoms with E-state index in [0.29, 0.717) is 0 Å². The number of ether oxygens (including phenoxy) is 3. The van der Waals surface area contributed by atoms with E-state index in [-0.39, 0.29) is 5.56 Å². The predicted molar refractivity (Wildman–Crippen MR) is 101 cm³/mol. The largest absolute Gasteiger partial charge is 0.394 e. The highest BCUT2D eigenvalue weighted by molar-refractivity contribution is 5.93. The molecule has 10 atom stereocenters. The first kappa shape index (κ1) is 24.8. The summed E-state index contributed by atoms with van der Waals surface area (Å²) in [6.45, 7) is -1.38. The summed E-state index contributed by atoms with van der Waals surface area (Å²) < 4.78 is 16.2. The van der Waals surface area contributed by atoms with Crippen LogP contribution >= 0.6 is 0 Å². The molecule has 3 rings (SSSR count). The van der Waals surface area contributed by atoms with Gasteiger partial charge in [0.15, 0.2) is 12.5 Å². The Morgan fingerprint density at radius 3 is 2.19 bits per heavy atom. The van der Waals surface area contributed by atoms with Crippen LogP contribution in [0, 0.1) is 0 Å². The smallest absolute Gasteiger partial charge is 0.265 e. The van der Waals surface area contributed by atoms with Crippen LogP contribution in [0.3, 0.4) is 0 Å². The van der Waals surface area contributed by atoms with Gasteiger partial charge in [-0.3, -0.25) is 15.2 Å². The molecule has 2 aliphatic rings. The first-order valence-electron chi connectivity index (χ1n) is 9.82. The number of amides is 1. The van der Waals surface area contributed by atoms with Gasteiger partial charge in [-0.25, -0.2) is 5.43 Å². The average molecular weight is 461 g/mol. The van der Waals surface area contributed by atoms with Gasteiger partial charge < -0.3 is 50.0 Å². The summed E-state index contributed by atoms with van der Waals surface area (Å²) in [5.41, 5.74) is 4.99. The van der Waals surface area contributed by atoms with Crippen molar-refractivity contribution in [3.05, 3.63) is 30.1 Å². The molecule has 0 saturated carbocycles. The standard InChI is InChI=1S/C18H27N3O11/c22-5-8-10(24)11(25)14(28)18(31-8)32-15-9(6-23)30-17(13(27)12(15)26)21-20-16(29)7-1-3-19-4-2-7/h1-4,8-15,17-18,21-28H,5-6H2,(H,20,29)/t8-,9+,10+,11+,12-,13+,14-,15-,17?,18+/m1/s1. The quantitative estimate of drug-likeness (QED) is 0.174. The van der Waals surface area contributed by atoms with E-state index in [1.165, 1.54) is 24.5 Å². The minimum Gasteiger partial charge on any atom is -0.394 e. The second kappa shape index (κ2) is 10.9. The second-order valence-corrected chi connectivity index (χ2v) is 7.39. The third-order valence-corrected chi connectivity index (χ3v) is 5.27. The summed E-state index contributed by atoms with van der Waals surface area (Å²) in [4.78, 5) is 15.9. The fourth-order valence-corrected chi connectivity index (χ4v) is 3.42. The first-order chi connectivity index (χ1) is 15.3. The summed E-state index contributed by atoms with van der Waals surface area (Å²) in [6.07, 6.45) is -12.5. The van der Waals surface area contributed by atoms with Gasteiger partial charge in [-0.15, -0.1) is 0 Å². The number of hydrogen-bond acceptors (Lipinski definition) is 13. The Morgan fingerprint density at radius 1 is 0.906 bits per heavy atom. The van der Waals surface area contributed by atoms with Crippen LogP contribution in [0.2, 0.25) is 0 Å². The van der Waals surface area contributed by atoms with E-state index in [0.717, 1.165) is 0 Å². The molecule has 1 amide bonds. The molecule has 0 bridgehead atoms. The van der Waals surface area contributed by atoms with Crippen LogP contribution in [-0.2, 0) is 14.2 Å². The minimum absolute atomic E-state index is 0.265. The Morgan fingerprint density at radius 2 is 1.56 bits per heavy atom. The highest BCUT2D eigenvalue weighted by Gasteiger charge is 2.50. The monoisotopic (exact) mass is 461 g/mol. The Bertz CT molecular complexity index is 740. The minimum atomic E-state index is -1.76. The molecule has 0 aromatic carbocycles. The number of hydrogen-bond donors (Lipinski definition) is 9. The maximum Gasteiger partial charge on any atom is 0.265 e. The fourth-order valence-electron chi connectivity index (χ4n) is 3.42. The highest BCUT2D eigenvalue weighted by Crippen LogP contribution is 2.28. The normalized spacial score (nSPS) is 40.1. The van der Waals surface area contributed by atoms with Crippen LogP contribution in [0.25, 0.3) is 0 Å². The van der Waals surface area contributed by atoms with Crippen LogP contribution in [-0.4, -0.2) is 121 Å². The van der Waals surface area contributed by atoms with E-state index in [9.17, 15) is 40.5 Å². The number of aliphatic hydroxyl groups excluding tert-OH is 7. The van der Waals surface area contributed by atoms with Gasteiger partial charge >= 0.3 is 0 Å². The van der Waals surface area contributed by atoms with E-state index < -0.39 is 80.5 Å².